The standard InChI is InChI=1S/C16H24N2O3/c1-12(16(20)17-3)11-18(4)9-10-21-15-8-6-5-7-14(15)13(2)19/h5-8,12H,9-11H2,1-4H3,(H,17,20). The predicted molar refractivity (Wildman–Crippen MR) is 82.7 cm³/mol. The van der Waals surface area contributed by atoms with E-state index in [4.69, 9.17) is 4.74 Å². The Kier molecular flexibility index (Phi) is 6.88. The highest BCUT2D eigenvalue weighted by Gasteiger charge is 2.13. The van der Waals surface area contributed by atoms with E-state index in [9.17, 15) is 9.59 Å². The minimum atomic E-state index is -0.0653. The number of hydrogen-bond donors (Lipinski definition) is 1. The Morgan fingerprint density at radius 3 is 2.62 bits per heavy atom. The molecule has 0 aliphatic rings. The summed E-state index contributed by atoms with van der Waals surface area (Å²) < 4.78 is 5.67. The number of benzene rings is 1. The third-order valence-corrected chi connectivity index (χ3v) is 3.28. The van der Waals surface area contributed by atoms with Gasteiger partial charge in [0.25, 0.3) is 0 Å². The van der Waals surface area contributed by atoms with Crippen molar-refractivity contribution in [3.8, 4) is 5.75 Å². The zero-order chi connectivity index (χ0) is 15.8. The molecule has 0 aliphatic carbocycles. The number of nitrogens with zero attached hydrogens (tertiary/aromatic N) is 1. The smallest absolute Gasteiger partial charge is 0.223 e. The second-order valence-corrected chi connectivity index (χ2v) is 5.18. The van der Waals surface area contributed by atoms with Crippen LogP contribution >= 0.6 is 0 Å². The molecule has 1 amide bonds. The van der Waals surface area contributed by atoms with E-state index in [1.54, 1.807) is 19.2 Å². The van der Waals surface area contributed by atoms with Crippen LogP contribution in [0.25, 0.3) is 0 Å². The third-order valence-electron chi connectivity index (χ3n) is 3.28. The molecule has 0 aliphatic heterocycles. The molecule has 0 bridgehead atoms. The molecule has 0 saturated carbocycles. The van der Waals surface area contributed by atoms with Crippen LogP contribution in [0.5, 0.6) is 5.75 Å². The Bertz CT molecular complexity index is 488. The van der Waals surface area contributed by atoms with Gasteiger partial charge in [0.1, 0.15) is 12.4 Å². The maximum absolute atomic E-state index is 11.5. The topological polar surface area (TPSA) is 58.6 Å². The zero-order valence-corrected chi connectivity index (χ0v) is 13.2. The van der Waals surface area contributed by atoms with Crippen LogP contribution in [0.15, 0.2) is 24.3 Å². The molecule has 5 nitrogen and oxygen atoms in total. The average molecular weight is 292 g/mol. The van der Waals surface area contributed by atoms with E-state index in [1.807, 2.05) is 31.0 Å². The molecule has 0 fully saturated rings. The SMILES string of the molecule is CNC(=O)C(C)CN(C)CCOc1ccccc1C(C)=O. The van der Waals surface area contributed by atoms with Crippen LogP contribution in [0.1, 0.15) is 24.2 Å². The molecule has 0 heterocycles. The molecule has 0 aromatic heterocycles. The lowest BCUT2D eigenvalue weighted by atomic mass is 10.1. The van der Waals surface area contributed by atoms with E-state index < -0.39 is 0 Å². The summed E-state index contributed by atoms with van der Waals surface area (Å²) in [5.74, 6) is 0.569. The molecule has 1 aromatic rings. The maximum atomic E-state index is 11.5. The number of carbonyl (C=O) groups is 2. The van der Waals surface area contributed by atoms with Gasteiger partial charge in [-0.1, -0.05) is 19.1 Å². The molecule has 1 aromatic carbocycles. The number of ketones is 1. The number of Topliss-reactive ketones (excluding diaryl/α,β-unsaturated/α-hetero) is 1. The van der Waals surface area contributed by atoms with Crippen molar-refractivity contribution in [2.75, 3.05) is 33.8 Å². The van der Waals surface area contributed by atoms with Crippen LogP contribution in [0.2, 0.25) is 0 Å². The van der Waals surface area contributed by atoms with Gasteiger partial charge in [-0.3, -0.25) is 9.59 Å². The largest absolute Gasteiger partial charge is 0.491 e. The van der Waals surface area contributed by atoms with E-state index >= 15 is 0 Å². The number of carbonyl (C=O) groups excluding carboxylic acids is 2. The lowest BCUT2D eigenvalue weighted by Gasteiger charge is -2.20. The number of amides is 1. The van der Waals surface area contributed by atoms with Gasteiger partial charge in [-0.15, -0.1) is 0 Å². The highest BCUT2D eigenvalue weighted by atomic mass is 16.5. The van der Waals surface area contributed by atoms with Gasteiger partial charge < -0.3 is 15.0 Å². The van der Waals surface area contributed by atoms with Crippen molar-refractivity contribution < 1.29 is 14.3 Å². The molecule has 1 N–H and O–H groups in total. The summed E-state index contributed by atoms with van der Waals surface area (Å²) in [6.07, 6.45) is 0. The summed E-state index contributed by atoms with van der Waals surface area (Å²) in [7, 11) is 3.58. The normalized spacial score (nSPS) is 12.0. The maximum Gasteiger partial charge on any atom is 0.223 e. The highest BCUT2D eigenvalue weighted by molar-refractivity contribution is 5.96. The van der Waals surface area contributed by atoms with Gasteiger partial charge >= 0.3 is 0 Å². The molecular formula is C16H24N2O3. The Morgan fingerprint density at radius 1 is 1.33 bits per heavy atom. The van der Waals surface area contributed by atoms with Crippen molar-refractivity contribution in [3.63, 3.8) is 0 Å². The highest BCUT2D eigenvalue weighted by Crippen LogP contribution is 2.18. The van der Waals surface area contributed by atoms with Crippen LogP contribution < -0.4 is 10.1 Å². The summed E-state index contributed by atoms with van der Waals surface area (Å²) in [5, 5.41) is 2.64. The van der Waals surface area contributed by atoms with Gasteiger partial charge in [-0.25, -0.2) is 0 Å². The van der Waals surface area contributed by atoms with Gasteiger partial charge in [0.2, 0.25) is 5.91 Å². The molecule has 0 saturated heterocycles. The first-order valence-electron chi connectivity index (χ1n) is 7.08. The van der Waals surface area contributed by atoms with E-state index in [0.29, 0.717) is 31.0 Å². The number of para-hydroxylation sites is 1. The van der Waals surface area contributed by atoms with E-state index in [-0.39, 0.29) is 17.6 Å². The lowest BCUT2D eigenvalue weighted by Crippen LogP contribution is -2.36. The molecule has 0 spiro atoms. The fourth-order valence-corrected chi connectivity index (χ4v) is 2.08. The summed E-state index contributed by atoms with van der Waals surface area (Å²) >= 11 is 0. The molecular weight excluding hydrogens is 268 g/mol. The minimum Gasteiger partial charge on any atom is -0.491 e. The van der Waals surface area contributed by atoms with Crippen LogP contribution in [-0.2, 0) is 4.79 Å². The zero-order valence-electron chi connectivity index (χ0n) is 13.2. The van der Waals surface area contributed by atoms with Crippen molar-refractivity contribution in [2.45, 2.75) is 13.8 Å². The van der Waals surface area contributed by atoms with Crippen molar-refractivity contribution in [1.82, 2.24) is 10.2 Å². The molecule has 21 heavy (non-hydrogen) atoms. The summed E-state index contributed by atoms with van der Waals surface area (Å²) in [5.41, 5.74) is 0.596. The number of ether oxygens (including phenoxy) is 1. The van der Waals surface area contributed by atoms with Crippen molar-refractivity contribution in [3.05, 3.63) is 29.8 Å². The van der Waals surface area contributed by atoms with Gasteiger partial charge in [-0.2, -0.15) is 0 Å². The second kappa shape index (κ2) is 8.42. The quantitative estimate of drug-likeness (QED) is 0.739. The minimum absolute atomic E-state index is 0.00723. The number of nitrogens with one attached hydrogen (secondary N) is 1. The van der Waals surface area contributed by atoms with E-state index in [2.05, 4.69) is 5.32 Å². The average Bonchev–Trinajstić information content (AvgIpc) is 2.46. The van der Waals surface area contributed by atoms with E-state index in [1.165, 1.54) is 6.92 Å². The fraction of sp³-hybridized carbons (Fsp3) is 0.500. The molecule has 1 atom stereocenters. The third kappa shape index (κ3) is 5.55. The molecule has 116 valence electrons. The van der Waals surface area contributed by atoms with Gasteiger partial charge in [-0.05, 0) is 26.1 Å². The number of likely N-dealkylation sites (N-methyl/N-ethyl adjacent to an activating group) is 1. The van der Waals surface area contributed by atoms with Crippen molar-refractivity contribution in [1.29, 1.82) is 0 Å². The lowest BCUT2D eigenvalue weighted by molar-refractivity contribution is -0.124. The summed E-state index contributed by atoms with van der Waals surface area (Å²) in [4.78, 5) is 25.0. The first-order valence-corrected chi connectivity index (χ1v) is 7.08. The van der Waals surface area contributed by atoms with Crippen LogP contribution in [0.4, 0.5) is 0 Å². The van der Waals surface area contributed by atoms with Crippen molar-refractivity contribution in [2.24, 2.45) is 5.92 Å². The molecule has 1 rings (SSSR count). The Balaban J connectivity index is 2.43. The van der Waals surface area contributed by atoms with Crippen LogP contribution in [0, 0.1) is 5.92 Å². The van der Waals surface area contributed by atoms with Gasteiger partial charge in [0, 0.05) is 26.1 Å². The number of rotatable bonds is 8. The van der Waals surface area contributed by atoms with Crippen LogP contribution in [0.3, 0.4) is 0 Å². The first kappa shape index (κ1) is 17.2. The summed E-state index contributed by atoms with van der Waals surface area (Å²) in [6.45, 7) is 5.24. The Labute approximate surface area is 126 Å². The molecule has 0 radical (unpaired) electrons. The van der Waals surface area contributed by atoms with Gasteiger partial charge in [0.05, 0.1) is 5.56 Å². The predicted octanol–water partition coefficient (Wildman–Crippen LogP) is 1.58. The van der Waals surface area contributed by atoms with E-state index in [0.717, 1.165) is 0 Å². The number of hydrogen-bond acceptors (Lipinski definition) is 4. The molecule has 1 unspecified atom stereocenters. The fourth-order valence-electron chi connectivity index (χ4n) is 2.08. The monoisotopic (exact) mass is 292 g/mol. The van der Waals surface area contributed by atoms with Crippen molar-refractivity contribution >= 4 is 11.7 Å². The Hall–Kier alpha value is -1.88. The van der Waals surface area contributed by atoms with Crippen LogP contribution in [-0.4, -0.2) is 50.4 Å². The Morgan fingerprint density at radius 2 is 2.00 bits per heavy atom. The summed E-state index contributed by atoms with van der Waals surface area (Å²) in [6, 6.07) is 7.22. The molecule has 5 heteroatoms. The second-order valence-electron chi connectivity index (χ2n) is 5.18. The first-order chi connectivity index (χ1) is 9.95. The van der Waals surface area contributed by atoms with Gasteiger partial charge in [0.15, 0.2) is 5.78 Å².